The van der Waals surface area contributed by atoms with Crippen LogP contribution in [0.15, 0.2) is 29.6 Å². The summed E-state index contributed by atoms with van der Waals surface area (Å²) in [7, 11) is 0. The first-order valence-electron chi connectivity index (χ1n) is 10.9. The molecular formula is C21H24ClN7O4S. The maximum Gasteiger partial charge on any atom is 0.282 e. The highest BCUT2D eigenvalue weighted by Crippen LogP contribution is 2.28. The van der Waals surface area contributed by atoms with Crippen LogP contribution in [0.2, 0.25) is 5.02 Å². The topological polar surface area (TPSA) is 128 Å². The monoisotopic (exact) mass is 505 g/mol. The number of amides is 1. The number of nitro groups is 1. The molecule has 0 atom stereocenters. The lowest BCUT2D eigenvalue weighted by atomic mass is 10.1. The summed E-state index contributed by atoms with van der Waals surface area (Å²) in [4.78, 5) is 34.9. The predicted octanol–water partition coefficient (Wildman–Crippen LogP) is 3.16. The third-order valence-electron chi connectivity index (χ3n) is 5.21. The number of carbonyl (C=O) groups is 1. The zero-order valence-corrected chi connectivity index (χ0v) is 20.1. The molecule has 0 radical (unpaired) electrons. The maximum absolute atomic E-state index is 12.6. The summed E-state index contributed by atoms with van der Waals surface area (Å²) < 4.78 is 7.19. The Labute approximate surface area is 205 Å². The van der Waals surface area contributed by atoms with Gasteiger partial charge >= 0.3 is 0 Å². The van der Waals surface area contributed by atoms with E-state index < -0.39 is 10.8 Å². The number of fused-ring (bicyclic) bond motifs is 1. The summed E-state index contributed by atoms with van der Waals surface area (Å²) in [6, 6.07) is 3.89. The first-order valence-corrected chi connectivity index (χ1v) is 12.3. The Hall–Kier alpha value is -2.96. The van der Waals surface area contributed by atoms with E-state index in [1.54, 1.807) is 22.6 Å². The highest BCUT2D eigenvalue weighted by molar-refractivity contribution is 7.99. The quantitative estimate of drug-likeness (QED) is 0.202. The van der Waals surface area contributed by atoms with Crippen molar-refractivity contribution in [3.63, 3.8) is 0 Å². The number of ether oxygens (including phenoxy) is 1. The van der Waals surface area contributed by atoms with E-state index in [9.17, 15) is 14.9 Å². The largest absolute Gasteiger partial charge is 0.378 e. The molecule has 11 nitrogen and oxygen atoms in total. The zero-order chi connectivity index (χ0) is 24.1. The van der Waals surface area contributed by atoms with Gasteiger partial charge in [0.2, 0.25) is 0 Å². The molecule has 1 aromatic carbocycles. The van der Waals surface area contributed by atoms with Gasteiger partial charge in [-0.1, -0.05) is 30.3 Å². The number of halogens is 1. The number of anilines is 1. The summed E-state index contributed by atoms with van der Waals surface area (Å²) in [5.74, 6) is 1.15. The molecule has 13 heteroatoms. The fraction of sp³-hybridized carbons (Fsp3) is 0.429. The van der Waals surface area contributed by atoms with E-state index in [0.717, 1.165) is 36.5 Å². The van der Waals surface area contributed by atoms with Gasteiger partial charge in [-0.25, -0.2) is 14.6 Å². The smallest absolute Gasteiger partial charge is 0.282 e. The summed E-state index contributed by atoms with van der Waals surface area (Å²) in [6.07, 6.45) is 2.73. The molecule has 1 amide bonds. The summed E-state index contributed by atoms with van der Waals surface area (Å²) in [6.45, 7) is 5.39. The minimum atomic E-state index is -0.605. The van der Waals surface area contributed by atoms with Crippen molar-refractivity contribution in [3.8, 4) is 0 Å². The van der Waals surface area contributed by atoms with Gasteiger partial charge in [-0.15, -0.1) is 0 Å². The van der Waals surface area contributed by atoms with Crippen LogP contribution in [0.5, 0.6) is 0 Å². The fourth-order valence-corrected chi connectivity index (χ4v) is 4.44. The van der Waals surface area contributed by atoms with Crippen LogP contribution in [0.25, 0.3) is 11.0 Å². The molecule has 1 aliphatic rings. The van der Waals surface area contributed by atoms with E-state index in [2.05, 4.69) is 22.2 Å². The summed E-state index contributed by atoms with van der Waals surface area (Å²) >= 11 is 7.52. The molecule has 3 aromatic rings. The molecule has 2 aromatic heterocycles. The van der Waals surface area contributed by atoms with Crippen molar-refractivity contribution >= 4 is 51.8 Å². The van der Waals surface area contributed by atoms with Crippen molar-refractivity contribution in [2.75, 3.05) is 43.5 Å². The van der Waals surface area contributed by atoms with Gasteiger partial charge in [0.05, 0.1) is 36.3 Å². The van der Waals surface area contributed by atoms with Crippen LogP contribution < -0.4 is 10.2 Å². The van der Waals surface area contributed by atoms with Crippen molar-refractivity contribution in [2.24, 2.45) is 0 Å². The molecule has 1 fully saturated rings. The van der Waals surface area contributed by atoms with Crippen molar-refractivity contribution in [1.29, 1.82) is 0 Å². The second-order valence-electron chi connectivity index (χ2n) is 7.56. The molecule has 3 heterocycles. The van der Waals surface area contributed by atoms with Gasteiger partial charge in [-0.2, -0.15) is 5.10 Å². The molecule has 4 rings (SSSR count). The van der Waals surface area contributed by atoms with Crippen LogP contribution >= 0.6 is 23.4 Å². The number of nitrogens with one attached hydrogen (secondary N) is 1. The molecule has 180 valence electrons. The Morgan fingerprint density at radius 1 is 1.32 bits per heavy atom. The molecule has 1 aliphatic heterocycles. The zero-order valence-electron chi connectivity index (χ0n) is 18.6. The minimum Gasteiger partial charge on any atom is -0.378 e. The summed E-state index contributed by atoms with van der Waals surface area (Å²) in [5, 5.41) is 20.2. The van der Waals surface area contributed by atoms with Gasteiger partial charge < -0.3 is 15.0 Å². The molecule has 1 saturated heterocycles. The normalized spacial score (nSPS) is 13.9. The number of aromatic nitrogens is 4. The second kappa shape index (κ2) is 11.0. The number of hydrogen-bond donors (Lipinski definition) is 1. The van der Waals surface area contributed by atoms with Gasteiger partial charge in [-0.3, -0.25) is 14.9 Å². The Kier molecular flexibility index (Phi) is 7.80. The van der Waals surface area contributed by atoms with E-state index in [0.29, 0.717) is 30.6 Å². The lowest BCUT2D eigenvalue weighted by Gasteiger charge is -2.28. The van der Waals surface area contributed by atoms with Crippen LogP contribution in [0.4, 0.5) is 11.5 Å². The molecule has 0 unspecified atom stereocenters. The number of morpholine rings is 1. The Morgan fingerprint density at radius 3 is 2.85 bits per heavy atom. The molecule has 0 bridgehead atoms. The summed E-state index contributed by atoms with van der Waals surface area (Å²) in [5.41, 5.74) is 0.294. The highest BCUT2D eigenvalue weighted by atomic mass is 35.5. The van der Waals surface area contributed by atoms with Gasteiger partial charge in [0, 0.05) is 36.5 Å². The van der Waals surface area contributed by atoms with Crippen LogP contribution in [0.3, 0.4) is 0 Å². The SMILES string of the molecule is CCCSc1nc(N2CCOCC2)c2cnn(CCNC(=O)c3cc(Cl)ccc3[N+](=O)[O-])c2n1. The number of nitrogens with zero attached hydrogens (tertiary/aromatic N) is 6. The molecule has 1 N–H and O–H groups in total. The predicted molar refractivity (Wildman–Crippen MR) is 130 cm³/mol. The van der Waals surface area contributed by atoms with Crippen molar-refractivity contribution in [3.05, 3.63) is 45.1 Å². The number of carbonyl (C=O) groups excluding carboxylic acids is 1. The van der Waals surface area contributed by atoms with E-state index in [4.69, 9.17) is 26.3 Å². The Balaban J connectivity index is 1.54. The third kappa shape index (κ3) is 5.40. The number of rotatable bonds is 9. The number of thioether (sulfide) groups is 1. The van der Waals surface area contributed by atoms with Gasteiger partial charge in [0.1, 0.15) is 11.4 Å². The first kappa shape index (κ1) is 24.2. The average molecular weight is 506 g/mol. The standard InChI is InChI=1S/C21H24ClN7O4S/c1-2-11-34-21-25-18(27-7-9-33-10-8-27)16-13-24-28(19(16)26-21)6-5-23-20(30)15-12-14(22)3-4-17(15)29(31)32/h3-4,12-13H,2,5-11H2,1H3,(H,23,30). The van der Waals surface area contributed by atoms with Crippen molar-refractivity contribution < 1.29 is 14.5 Å². The lowest BCUT2D eigenvalue weighted by Crippen LogP contribution is -2.37. The van der Waals surface area contributed by atoms with Crippen molar-refractivity contribution in [1.82, 2.24) is 25.1 Å². The van der Waals surface area contributed by atoms with Gasteiger partial charge in [0.25, 0.3) is 11.6 Å². The minimum absolute atomic E-state index is 0.0852. The van der Waals surface area contributed by atoms with Crippen LogP contribution in [0, 0.1) is 10.1 Å². The molecule has 0 aliphatic carbocycles. The highest BCUT2D eigenvalue weighted by Gasteiger charge is 2.22. The lowest BCUT2D eigenvalue weighted by molar-refractivity contribution is -0.385. The number of nitro benzene ring substituents is 1. The van der Waals surface area contributed by atoms with Crippen molar-refractivity contribution in [2.45, 2.75) is 25.0 Å². The van der Waals surface area contributed by atoms with E-state index >= 15 is 0 Å². The second-order valence-corrected chi connectivity index (χ2v) is 9.06. The molecule has 34 heavy (non-hydrogen) atoms. The molecule has 0 saturated carbocycles. The molecule has 0 spiro atoms. The number of benzene rings is 1. The first-order chi connectivity index (χ1) is 16.5. The fourth-order valence-electron chi connectivity index (χ4n) is 3.58. The molecular weight excluding hydrogens is 482 g/mol. The average Bonchev–Trinajstić information content (AvgIpc) is 3.25. The van der Waals surface area contributed by atoms with Crippen LogP contribution in [-0.4, -0.2) is 69.2 Å². The number of hydrogen-bond acceptors (Lipinski definition) is 9. The van der Waals surface area contributed by atoms with Crippen LogP contribution in [-0.2, 0) is 11.3 Å². The third-order valence-corrected chi connectivity index (χ3v) is 6.50. The maximum atomic E-state index is 12.6. The Bertz CT molecular complexity index is 1200. The van der Waals surface area contributed by atoms with Gasteiger partial charge in [-0.05, 0) is 18.6 Å². The van der Waals surface area contributed by atoms with Crippen LogP contribution in [0.1, 0.15) is 23.7 Å². The van der Waals surface area contributed by atoms with E-state index in [1.807, 2.05) is 0 Å². The van der Waals surface area contributed by atoms with E-state index in [1.165, 1.54) is 18.2 Å². The van der Waals surface area contributed by atoms with E-state index in [-0.39, 0.29) is 22.8 Å². The Morgan fingerprint density at radius 2 is 2.12 bits per heavy atom. The van der Waals surface area contributed by atoms with Gasteiger partial charge in [0.15, 0.2) is 10.8 Å².